The van der Waals surface area contributed by atoms with Crippen LogP contribution in [0.15, 0.2) is 79.1 Å². The molecule has 0 fully saturated rings. The summed E-state index contributed by atoms with van der Waals surface area (Å²) in [6, 6.07) is 21.1. The highest BCUT2D eigenvalue weighted by Gasteiger charge is 2.10. The number of benzene rings is 2. The van der Waals surface area contributed by atoms with Crippen molar-refractivity contribution in [1.29, 1.82) is 0 Å². The van der Waals surface area contributed by atoms with Gasteiger partial charge in [-0.2, -0.15) is 0 Å². The van der Waals surface area contributed by atoms with Gasteiger partial charge in [-0.05, 0) is 47.5 Å². The number of para-hydroxylation sites is 1. The fourth-order valence-electron chi connectivity index (χ4n) is 2.90. The summed E-state index contributed by atoms with van der Waals surface area (Å²) in [5.74, 6) is 0.256. The lowest BCUT2D eigenvalue weighted by atomic mass is 10.1. The van der Waals surface area contributed by atoms with E-state index in [9.17, 15) is 4.79 Å². The third-order valence-corrected chi connectivity index (χ3v) is 4.26. The summed E-state index contributed by atoms with van der Waals surface area (Å²) >= 11 is 0. The number of carbonyl (C=O) groups is 1. The normalized spacial score (nSPS) is 11.1. The Labute approximate surface area is 157 Å². The van der Waals surface area contributed by atoms with Crippen LogP contribution in [0.3, 0.4) is 0 Å². The Bertz CT molecular complexity index is 1080. The summed E-state index contributed by atoms with van der Waals surface area (Å²) in [7, 11) is 0. The van der Waals surface area contributed by atoms with E-state index in [1.807, 2.05) is 72.9 Å². The van der Waals surface area contributed by atoms with E-state index in [4.69, 9.17) is 4.74 Å². The highest BCUT2D eigenvalue weighted by molar-refractivity contribution is 5.87. The summed E-state index contributed by atoms with van der Waals surface area (Å²) < 4.78 is 5.47. The van der Waals surface area contributed by atoms with Crippen molar-refractivity contribution in [3.63, 3.8) is 0 Å². The Kier molecular flexibility index (Phi) is 4.79. The molecule has 132 valence electrons. The Morgan fingerprint density at radius 2 is 1.78 bits per heavy atom. The molecule has 27 heavy (non-hydrogen) atoms. The first-order valence-electron chi connectivity index (χ1n) is 8.73. The third-order valence-electron chi connectivity index (χ3n) is 4.26. The van der Waals surface area contributed by atoms with Gasteiger partial charge in [0, 0.05) is 23.3 Å². The molecule has 0 aliphatic heterocycles. The second kappa shape index (κ2) is 7.70. The molecule has 2 aromatic heterocycles. The molecule has 0 saturated carbocycles. The van der Waals surface area contributed by atoms with Crippen LogP contribution in [0.1, 0.15) is 16.8 Å². The maximum absolute atomic E-state index is 12.3. The number of nitrogens with zero attached hydrogens (tertiary/aromatic N) is 1. The molecule has 0 unspecified atom stereocenters. The number of aromatic amines is 1. The lowest BCUT2D eigenvalue weighted by Crippen LogP contribution is -2.10. The molecule has 0 saturated heterocycles. The quantitative estimate of drug-likeness (QED) is 0.410. The van der Waals surface area contributed by atoms with Crippen molar-refractivity contribution >= 4 is 29.0 Å². The van der Waals surface area contributed by atoms with Gasteiger partial charge in [0.1, 0.15) is 5.75 Å². The lowest BCUT2D eigenvalue weighted by molar-refractivity contribution is -0.133. The highest BCUT2D eigenvalue weighted by Crippen LogP contribution is 2.20. The van der Waals surface area contributed by atoms with Gasteiger partial charge in [-0.3, -0.25) is 9.78 Å². The monoisotopic (exact) mass is 354 g/mol. The van der Waals surface area contributed by atoms with Crippen LogP contribution < -0.4 is 4.74 Å². The molecule has 4 aromatic rings. The van der Waals surface area contributed by atoms with E-state index in [-0.39, 0.29) is 12.4 Å². The van der Waals surface area contributed by atoms with Gasteiger partial charge >= 0.3 is 5.97 Å². The maximum atomic E-state index is 12.3. The third kappa shape index (κ3) is 4.12. The molecule has 2 heterocycles. The highest BCUT2D eigenvalue weighted by atomic mass is 16.5. The Morgan fingerprint density at radius 3 is 2.59 bits per heavy atom. The summed E-state index contributed by atoms with van der Waals surface area (Å²) in [4.78, 5) is 19.7. The number of hydrogen-bond donors (Lipinski definition) is 1. The van der Waals surface area contributed by atoms with Crippen molar-refractivity contribution in [3.8, 4) is 5.75 Å². The van der Waals surface area contributed by atoms with E-state index in [2.05, 4.69) is 9.97 Å². The number of ether oxygens (including phenoxy) is 1. The number of rotatable bonds is 5. The predicted octanol–water partition coefficient (Wildman–Crippen LogP) is 4.88. The number of H-pyrrole nitrogens is 1. The average molecular weight is 354 g/mol. The van der Waals surface area contributed by atoms with Gasteiger partial charge < -0.3 is 9.72 Å². The van der Waals surface area contributed by atoms with Crippen molar-refractivity contribution in [2.75, 3.05) is 0 Å². The second-order valence-electron chi connectivity index (χ2n) is 6.17. The molecular weight excluding hydrogens is 336 g/mol. The molecule has 4 rings (SSSR count). The van der Waals surface area contributed by atoms with Gasteiger partial charge in [0.2, 0.25) is 0 Å². The van der Waals surface area contributed by atoms with Crippen molar-refractivity contribution in [3.05, 3.63) is 95.9 Å². The zero-order valence-corrected chi connectivity index (χ0v) is 14.6. The van der Waals surface area contributed by atoms with Gasteiger partial charge in [-0.1, -0.05) is 42.5 Å². The van der Waals surface area contributed by atoms with Crippen molar-refractivity contribution in [1.82, 2.24) is 9.97 Å². The first-order chi connectivity index (χ1) is 13.3. The number of carbonyl (C=O) groups excluding carboxylic acids is 1. The molecule has 0 amide bonds. The molecule has 2 aromatic carbocycles. The minimum atomic E-state index is -0.281. The SMILES string of the molecule is O=C(Cc1c[nH]c2ccccc12)Oc1ccc(/C=C/c2ccccn2)cc1. The second-order valence-corrected chi connectivity index (χ2v) is 6.17. The predicted molar refractivity (Wildman–Crippen MR) is 107 cm³/mol. The largest absolute Gasteiger partial charge is 0.426 e. The Morgan fingerprint density at radius 1 is 0.963 bits per heavy atom. The smallest absolute Gasteiger partial charge is 0.315 e. The van der Waals surface area contributed by atoms with E-state index in [0.717, 1.165) is 27.7 Å². The first kappa shape index (κ1) is 16.8. The average Bonchev–Trinajstić information content (AvgIpc) is 3.11. The Balaban J connectivity index is 1.39. The van der Waals surface area contributed by atoms with Gasteiger partial charge in [0.05, 0.1) is 12.1 Å². The molecule has 0 bridgehead atoms. The first-order valence-corrected chi connectivity index (χ1v) is 8.73. The van der Waals surface area contributed by atoms with E-state index in [1.54, 1.807) is 18.3 Å². The molecule has 4 nitrogen and oxygen atoms in total. The summed E-state index contributed by atoms with van der Waals surface area (Å²) in [6.45, 7) is 0. The zero-order chi connectivity index (χ0) is 18.5. The number of esters is 1. The molecule has 4 heteroatoms. The van der Waals surface area contributed by atoms with Crippen LogP contribution in [0.5, 0.6) is 5.75 Å². The molecule has 0 spiro atoms. The topological polar surface area (TPSA) is 55.0 Å². The van der Waals surface area contributed by atoms with Crippen LogP contribution in [0.25, 0.3) is 23.1 Å². The van der Waals surface area contributed by atoms with Crippen molar-refractivity contribution in [2.45, 2.75) is 6.42 Å². The van der Waals surface area contributed by atoms with Crippen molar-refractivity contribution in [2.24, 2.45) is 0 Å². The van der Waals surface area contributed by atoms with E-state index < -0.39 is 0 Å². The number of fused-ring (bicyclic) bond motifs is 1. The molecule has 0 aliphatic carbocycles. The molecule has 0 radical (unpaired) electrons. The number of nitrogens with one attached hydrogen (secondary N) is 1. The number of pyridine rings is 1. The lowest BCUT2D eigenvalue weighted by Gasteiger charge is -2.04. The number of hydrogen-bond acceptors (Lipinski definition) is 3. The van der Waals surface area contributed by atoms with Gasteiger partial charge in [-0.25, -0.2) is 0 Å². The van der Waals surface area contributed by atoms with E-state index in [0.29, 0.717) is 5.75 Å². The summed E-state index contributed by atoms with van der Waals surface area (Å²) in [6.07, 6.45) is 7.76. The van der Waals surface area contributed by atoms with Gasteiger partial charge in [0.15, 0.2) is 0 Å². The molecule has 1 N–H and O–H groups in total. The molecule has 0 atom stereocenters. The fourth-order valence-corrected chi connectivity index (χ4v) is 2.90. The van der Waals surface area contributed by atoms with Crippen LogP contribution in [0.4, 0.5) is 0 Å². The summed E-state index contributed by atoms with van der Waals surface area (Å²) in [5, 5.41) is 1.05. The van der Waals surface area contributed by atoms with Crippen LogP contribution >= 0.6 is 0 Å². The Hall–Kier alpha value is -3.66. The standard InChI is InChI=1S/C23H18N2O2/c26-23(15-18-16-25-22-7-2-1-6-21(18)22)27-20-12-9-17(10-13-20)8-11-19-5-3-4-14-24-19/h1-14,16,25H,15H2/b11-8+. The summed E-state index contributed by atoms with van der Waals surface area (Å²) in [5.41, 5.74) is 3.86. The van der Waals surface area contributed by atoms with Crippen LogP contribution in [0.2, 0.25) is 0 Å². The minimum Gasteiger partial charge on any atom is -0.426 e. The maximum Gasteiger partial charge on any atom is 0.315 e. The minimum absolute atomic E-state index is 0.228. The van der Waals surface area contributed by atoms with Crippen LogP contribution in [0, 0.1) is 0 Å². The van der Waals surface area contributed by atoms with E-state index in [1.165, 1.54) is 0 Å². The number of aromatic nitrogens is 2. The van der Waals surface area contributed by atoms with Crippen LogP contribution in [-0.4, -0.2) is 15.9 Å². The van der Waals surface area contributed by atoms with E-state index >= 15 is 0 Å². The van der Waals surface area contributed by atoms with Crippen molar-refractivity contribution < 1.29 is 9.53 Å². The van der Waals surface area contributed by atoms with Gasteiger partial charge in [-0.15, -0.1) is 0 Å². The van der Waals surface area contributed by atoms with Gasteiger partial charge in [0.25, 0.3) is 0 Å². The molecule has 0 aliphatic rings. The van der Waals surface area contributed by atoms with Crippen LogP contribution in [-0.2, 0) is 11.2 Å². The zero-order valence-electron chi connectivity index (χ0n) is 14.6. The fraction of sp³-hybridized carbons (Fsp3) is 0.0435. The molecular formula is C23H18N2O2.